The Kier molecular flexibility index (Phi) is 5.95. The van der Waals surface area contributed by atoms with Crippen molar-refractivity contribution < 1.29 is 9.53 Å². The smallest absolute Gasteiger partial charge is 0.225 e. The quantitative estimate of drug-likeness (QED) is 0.836. The lowest BCUT2D eigenvalue weighted by atomic mass is 10.3. The number of benzene rings is 1. The second-order valence-corrected chi connectivity index (χ2v) is 4.62. The summed E-state index contributed by atoms with van der Waals surface area (Å²) in [5.74, 6) is 0.581. The van der Waals surface area contributed by atoms with Crippen molar-refractivity contribution in [2.45, 2.75) is 26.4 Å². The Morgan fingerprint density at radius 2 is 2.17 bits per heavy atom. The summed E-state index contributed by atoms with van der Waals surface area (Å²) in [4.78, 5) is 11.5. The van der Waals surface area contributed by atoms with E-state index in [1.165, 1.54) is 0 Å². The molecule has 5 heteroatoms. The van der Waals surface area contributed by atoms with Crippen molar-refractivity contribution in [3.05, 3.63) is 23.2 Å². The average Bonchev–Trinajstić information content (AvgIpc) is 2.29. The van der Waals surface area contributed by atoms with Gasteiger partial charge in [-0.05, 0) is 39.1 Å². The summed E-state index contributed by atoms with van der Waals surface area (Å²) in [6.07, 6.45) is 0.497. The van der Waals surface area contributed by atoms with Gasteiger partial charge in [-0.1, -0.05) is 11.6 Å². The topological polar surface area (TPSA) is 50.4 Å². The number of carbonyl (C=O) groups excluding carboxylic acids is 1. The van der Waals surface area contributed by atoms with E-state index in [-0.39, 0.29) is 12.0 Å². The normalized spacial score (nSPS) is 10.5. The van der Waals surface area contributed by atoms with E-state index in [0.717, 1.165) is 0 Å². The second-order valence-electron chi connectivity index (χ2n) is 4.21. The third kappa shape index (κ3) is 4.94. The zero-order chi connectivity index (χ0) is 13.5. The SMILES string of the molecule is CNCCC(=O)Nc1ccc(OC(C)C)c(Cl)c1. The fraction of sp³-hybridized carbons (Fsp3) is 0.462. The van der Waals surface area contributed by atoms with Crippen LogP contribution >= 0.6 is 11.6 Å². The van der Waals surface area contributed by atoms with E-state index in [1.807, 2.05) is 20.9 Å². The minimum absolute atomic E-state index is 0.0436. The maximum atomic E-state index is 11.5. The van der Waals surface area contributed by atoms with Gasteiger partial charge < -0.3 is 15.4 Å². The molecule has 0 unspecified atom stereocenters. The van der Waals surface area contributed by atoms with E-state index in [9.17, 15) is 4.79 Å². The molecule has 0 heterocycles. The van der Waals surface area contributed by atoms with Gasteiger partial charge in [-0.25, -0.2) is 0 Å². The second kappa shape index (κ2) is 7.24. The first kappa shape index (κ1) is 14.8. The molecule has 4 nitrogen and oxygen atoms in total. The minimum atomic E-state index is -0.0436. The molecule has 0 bridgehead atoms. The highest BCUT2D eigenvalue weighted by Crippen LogP contribution is 2.28. The van der Waals surface area contributed by atoms with Crippen LogP contribution < -0.4 is 15.4 Å². The number of amides is 1. The van der Waals surface area contributed by atoms with Crippen LogP contribution in [0.25, 0.3) is 0 Å². The number of hydrogen-bond acceptors (Lipinski definition) is 3. The predicted octanol–water partition coefficient (Wildman–Crippen LogP) is 2.68. The highest BCUT2D eigenvalue weighted by Gasteiger charge is 2.07. The fourth-order valence-electron chi connectivity index (χ4n) is 1.39. The van der Waals surface area contributed by atoms with Crippen molar-refractivity contribution in [1.82, 2.24) is 5.32 Å². The predicted molar refractivity (Wildman–Crippen MR) is 74.4 cm³/mol. The largest absolute Gasteiger partial charge is 0.489 e. The van der Waals surface area contributed by atoms with Crippen LogP contribution in [0.15, 0.2) is 18.2 Å². The van der Waals surface area contributed by atoms with Gasteiger partial charge >= 0.3 is 0 Å². The number of hydrogen-bond donors (Lipinski definition) is 2. The maximum absolute atomic E-state index is 11.5. The van der Waals surface area contributed by atoms with Crippen LogP contribution in [0.2, 0.25) is 5.02 Å². The first-order valence-corrected chi connectivity index (χ1v) is 6.31. The van der Waals surface area contributed by atoms with Gasteiger partial charge in [0.2, 0.25) is 5.91 Å². The van der Waals surface area contributed by atoms with E-state index < -0.39 is 0 Å². The van der Waals surface area contributed by atoms with Crippen LogP contribution in [-0.2, 0) is 4.79 Å². The summed E-state index contributed by atoms with van der Waals surface area (Å²) in [6.45, 7) is 4.52. The van der Waals surface area contributed by atoms with Crippen molar-refractivity contribution in [3.8, 4) is 5.75 Å². The highest BCUT2D eigenvalue weighted by molar-refractivity contribution is 6.32. The van der Waals surface area contributed by atoms with Crippen LogP contribution in [0.3, 0.4) is 0 Å². The first-order valence-electron chi connectivity index (χ1n) is 5.93. The molecule has 0 saturated carbocycles. The van der Waals surface area contributed by atoms with Crippen LogP contribution in [0.5, 0.6) is 5.75 Å². The Morgan fingerprint density at radius 1 is 1.44 bits per heavy atom. The molecular formula is C13H19ClN2O2. The Labute approximate surface area is 113 Å². The van der Waals surface area contributed by atoms with E-state index >= 15 is 0 Å². The number of ether oxygens (including phenoxy) is 1. The molecule has 0 saturated heterocycles. The van der Waals surface area contributed by atoms with Crippen LogP contribution in [0.1, 0.15) is 20.3 Å². The van der Waals surface area contributed by atoms with Crippen molar-refractivity contribution in [3.63, 3.8) is 0 Å². The van der Waals surface area contributed by atoms with Gasteiger partial charge in [0, 0.05) is 18.7 Å². The van der Waals surface area contributed by atoms with E-state index in [0.29, 0.717) is 29.4 Å². The number of nitrogens with one attached hydrogen (secondary N) is 2. The molecule has 1 aromatic carbocycles. The lowest BCUT2D eigenvalue weighted by Crippen LogP contribution is -2.18. The molecule has 1 rings (SSSR count). The Morgan fingerprint density at radius 3 is 2.72 bits per heavy atom. The Bertz CT molecular complexity index is 408. The minimum Gasteiger partial charge on any atom is -0.489 e. The maximum Gasteiger partial charge on any atom is 0.225 e. The molecule has 100 valence electrons. The van der Waals surface area contributed by atoms with E-state index in [1.54, 1.807) is 18.2 Å². The van der Waals surface area contributed by atoms with E-state index in [4.69, 9.17) is 16.3 Å². The van der Waals surface area contributed by atoms with Gasteiger partial charge in [0.15, 0.2) is 0 Å². The molecule has 0 aliphatic carbocycles. The molecule has 1 aromatic rings. The lowest BCUT2D eigenvalue weighted by Gasteiger charge is -2.12. The van der Waals surface area contributed by atoms with Gasteiger partial charge in [-0.2, -0.15) is 0 Å². The molecule has 0 fully saturated rings. The molecule has 18 heavy (non-hydrogen) atoms. The van der Waals surface area contributed by atoms with Crippen LogP contribution in [0.4, 0.5) is 5.69 Å². The van der Waals surface area contributed by atoms with Crippen molar-refractivity contribution in [2.75, 3.05) is 18.9 Å². The Hall–Kier alpha value is -1.26. The standard InChI is InChI=1S/C13H19ClN2O2/c1-9(2)18-12-5-4-10(8-11(12)14)16-13(17)6-7-15-3/h4-5,8-9,15H,6-7H2,1-3H3,(H,16,17). The monoisotopic (exact) mass is 270 g/mol. The van der Waals surface area contributed by atoms with Gasteiger partial charge in [0.1, 0.15) is 5.75 Å². The number of rotatable bonds is 6. The lowest BCUT2D eigenvalue weighted by molar-refractivity contribution is -0.116. The molecule has 0 radical (unpaired) electrons. The van der Waals surface area contributed by atoms with Crippen LogP contribution in [0, 0.1) is 0 Å². The summed E-state index contributed by atoms with van der Waals surface area (Å²) in [5.41, 5.74) is 0.678. The van der Waals surface area contributed by atoms with Crippen molar-refractivity contribution in [1.29, 1.82) is 0 Å². The molecule has 0 aliphatic heterocycles. The molecular weight excluding hydrogens is 252 g/mol. The van der Waals surface area contributed by atoms with Gasteiger partial charge in [0.25, 0.3) is 0 Å². The zero-order valence-electron chi connectivity index (χ0n) is 10.9. The van der Waals surface area contributed by atoms with Gasteiger partial charge in [-0.15, -0.1) is 0 Å². The fourth-order valence-corrected chi connectivity index (χ4v) is 1.62. The van der Waals surface area contributed by atoms with E-state index in [2.05, 4.69) is 10.6 Å². The van der Waals surface area contributed by atoms with Gasteiger partial charge in [-0.3, -0.25) is 4.79 Å². The zero-order valence-corrected chi connectivity index (χ0v) is 11.7. The summed E-state index contributed by atoms with van der Waals surface area (Å²) in [5, 5.41) is 6.19. The number of carbonyl (C=O) groups is 1. The molecule has 0 atom stereocenters. The third-order valence-corrected chi connectivity index (χ3v) is 2.48. The average molecular weight is 271 g/mol. The molecule has 0 spiro atoms. The third-order valence-electron chi connectivity index (χ3n) is 2.18. The molecule has 1 amide bonds. The number of halogens is 1. The van der Waals surface area contributed by atoms with Gasteiger partial charge in [0.05, 0.1) is 11.1 Å². The van der Waals surface area contributed by atoms with Crippen molar-refractivity contribution in [2.24, 2.45) is 0 Å². The molecule has 0 aliphatic rings. The summed E-state index contributed by atoms with van der Waals surface area (Å²) in [7, 11) is 1.81. The first-order chi connectivity index (χ1) is 8.52. The summed E-state index contributed by atoms with van der Waals surface area (Å²) >= 11 is 6.07. The molecule has 2 N–H and O–H groups in total. The highest BCUT2D eigenvalue weighted by atomic mass is 35.5. The molecule has 0 aromatic heterocycles. The van der Waals surface area contributed by atoms with Crippen molar-refractivity contribution >= 4 is 23.2 Å². The number of anilines is 1. The Balaban J connectivity index is 2.63. The van der Waals surface area contributed by atoms with Crippen LogP contribution in [-0.4, -0.2) is 25.6 Å². The summed E-state index contributed by atoms with van der Waals surface area (Å²) < 4.78 is 5.52. The summed E-state index contributed by atoms with van der Waals surface area (Å²) in [6, 6.07) is 5.23.